The van der Waals surface area contributed by atoms with Gasteiger partial charge in [0.15, 0.2) is 17.4 Å². The summed E-state index contributed by atoms with van der Waals surface area (Å²) in [6.45, 7) is 4.07. The van der Waals surface area contributed by atoms with Crippen LogP contribution in [-0.2, 0) is 5.41 Å². The molecule has 4 heteroatoms. The molecule has 1 fully saturated rings. The number of carbonyl (C=O) groups is 1. The standard InChI is InChI=1S/C22H26O3.Al.3H/c1-22(2,17-11-7-4-8-12-17)19-14-16(15-9-5-3-6-10-15)13-18(20(19)23)21(24)25;;;;/h4,7-8,11-15,23H,3,5-6,9-10H2,1-2H3,(H,24,25);;;;. The highest BCUT2D eigenvalue weighted by Gasteiger charge is 2.30. The molecule has 2 N–H and O–H groups in total. The predicted molar refractivity (Wildman–Crippen MR) is 109 cm³/mol. The molecule has 0 heterocycles. The molecule has 2 aromatic rings. The summed E-state index contributed by atoms with van der Waals surface area (Å²) in [6, 6.07) is 13.7. The van der Waals surface area contributed by atoms with E-state index in [1.54, 1.807) is 6.07 Å². The first-order chi connectivity index (χ1) is 11.9. The van der Waals surface area contributed by atoms with Gasteiger partial charge in [0, 0.05) is 11.0 Å². The first kappa shape index (κ1) is 20.6. The molecule has 0 radical (unpaired) electrons. The lowest BCUT2D eigenvalue weighted by Gasteiger charge is -2.30. The number of aromatic hydroxyl groups is 1. The SMILES string of the molecule is CC(C)(c1ccccc1)c1cc(C2CCCCC2)cc(C(=O)O)c1O.[AlH3]. The van der Waals surface area contributed by atoms with E-state index in [1.807, 2.05) is 50.2 Å². The number of hydrogen-bond acceptors (Lipinski definition) is 2. The van der Waals surface area contributed by atoms with E-state index in [4.69, 9.17) is 0 Å². The second-order valence-corrected chi connectivity index (χ2v) is 7.60. The molecule has 3 nitrogen and oxygen atoms in total. The van der Waals surface area contributed by atoms with Crippen molar-refractivity contribution in [1.82, 2.24) is 0 Å². The zero-order chi connectivity index (χ0) is 18.0. The van der Waals surface area contributed by atoms with Crippen molar-refractivity contribution in [3.8, 4) is 5.75 Å². The van der Waals surface area contributed by atoms with Crippen LogP contribution in [0.3, 0.4) is 0 Å². The Morgan fingerprint density at radius 1 is 1.04 bits per heavy atom. The zero-order valence-corrected chi connectivity index (χ0v) is 15.0. The van der Waals surface area contributed by atoms with Crippen molar-refractivity contribution >= 4 is 23.3 Å². The molecule has 0 aliphatic heterocycles. The van der Waals surface area contributed by atoms with Gasteiger partial charge in [-0.2, -0.15) is 0 Å². The third kappa shape index (κ3) is 3.98. The third-order valence-corrected chi connectivity index (χ3v) is 5.61. The molecule has 3 rings (SSSR count). The van der Waals surface area contributed by atoms with Gasteiger partial charge in [0.25, 0.3) is 0 Å². The van der Waals surface area contributed by atoms with Crippen LogP contribution < -0.4 is 0 Å². The van der Waals surface area contributed by atoms with Crippen molar-refractivity contribution in [2.75, 3.05) is 0 Å². The Bertz CT molecular complexity index is 762. The molecule has 1 aliphatic rings. The molecule has 1 aliphatic carbocycles. The van der Waals surface area contributed by atoms with E-state index in [0.717, 1.165) is 24.0 Å². The molecule has 138 valence electrons. The molecule has 0 bridgehead atoms. The van der Waals surface area contributed by atoms with Crippen molar-refractivity contribution in [3.63, 3.8) is 0 Å². The Labute approximate surface area is 166 Å². The highest BCUT2D eigenvalue weighted by molar-refractivity contribution is 5.92. The maximum atomic E-state index is 11.7. The van der Waals surface area contributed by atoms with Crippen LogP contribution in [0.2, 0.25) is 0 Å². The van der Waals surface area contributed by atoms with Gasteiger partial charge in [0.2, 0.25) is 0 Å². The predicted octanol–water partition coefficient (Wildman–Crippen LogP) is 4.28. The quantitative estimate of drug-likeness (QED) is 0.792. The van der Waals surface area contributed by atoms with Gasteiger partial charge in [0.1, 0.15) is 11.3 Å². The minimum atomic E-state index is -1.07. The van der Waals surface area contributed by atoms with Crippen molar-refractivity contribution < 1.29 is 15.0 Å². The highest BCUT2D eigenvalue weighted by Crippen LogP contribution is 2.42. The fourth-order valence-electron chi connectivity index (χ4n) is 3.98. The number of phenols is 1. The summed E-state index contributed by atoms with van der Waals surface area (Å²) < 4.78 is 0. The number of benzene rings is 2. The van der Waals surface area contributed by atoms with Crippen LogP contribution in [0.15, 0.2) is 42.5 Å². The number of aromatic carboxylic acids is 1. The summed E-state index contributed by atoms with van der Waals surface area (Å²) in [5.41, 5.74) is 2.35. The minimum absolute atomic E-state index is 0. The fourth-order valence-corrected chi connectivity index (χ4v) is 3.98. The van der Waals surface area contributed by atoms with Crippen LogP contribution in [-0.4, -0.2) is 33.5 Å². The summed E-state index contributed by atoms with van der Waals surface area (Å²) in [4.78, 5) is 11.7. The van der Waals surface area contributed by atoms with Crippen LogP contribution in [0.5, 0.6) is 5.75 Å². The molecule has 0 aromatic heterocycles. The van der Waals surface area contributed by atoms with Crippen LogP contribution in [0.25, 0.3) is 0 Å². The lowest BCUT2D eigenvalue weighted by atomic mass is 9.74. The fraction of sp³-hybridized carbons (Fsp3) is 0.409. The summed E-state index contributed by atoms with van der Waals surface area (Å²) in [6.07, 6.45) is 5.81. The van der Waals surface area contributed by atoms with Crippen molar-refractivity contribution in [3.05, 3.63) is 64.7 Å². The molecule has 1 saturated carbocycles. The Hall–Kier alpha value is -1.76. The average Bonchev–Trinajstić information content (AvgIpc) is 2.63. The monoisotopic (exact) mass is 368 g/mol. The average molecular weight is 368 g/mol. The number of hydrogen-bond donors (Lipinski definition) is 2. The van der Waals surface area contributed by atoms with Crippen LogP contribution >= 0.6 is 0 Å². The molecule has 0 unspecified atom stereocenters. The highest BCUT2D eigenvalue weighted by atomic mass is 27.0. The Kier molecular flexibility index (Phi) is 6.55. The second-order valence-electron chi connectivity index (χ2n) is 7.60. The van der Waals surface area contributed by atoms with E-state index in [2.05, 4.69) is 0 Å². The zero-order valence-electron chi connectivity index (χ0n) is 15.0. The topological polar surface area (TPSA) is 57.5 Å². The van der Waals surface area contributed by atoms with E-state index in [1.165, 1.54) is 19.3 Å². The molecule has 26 heavy (non-hydrogen) atoms. The molecular formula is C22H29AlO3. The lowest BCUT2D eigenvalue weighted by molar-refractivity contribution is 0.0693. The summed E-state index contributed by atoms with van der Waals surface area (Å²) in [5, 5.41) is 20.3. The second kappa shape index (κ2) is 8.29. The van der Waals surface area contributed by atoms with Crippen LogP contribution in [0.1, 0.15) is 78.9 Å². The van der Waals surface area contributed by atoms with E-state index in [0.29, 0.717) is 11.5 Å². The van der Waals surface area contributed by atoms with E-state index >= 15 is 0 Å². The number of carboxylic acids is 1. The van der Waals surface area contributed by atoms with Gasteiger partial charge in [-0.05, 0) is 36.0 Å². The Balaban J connectivity index is 0.00000243. The number of carboxylic acid groups (broad SMARTS) is 1. The Morgan fingerprint density at radius 2 is 1.65 bits per heavy atom. The molecule has 0 atom stereocenters. The van der Waals surface area contributed by atoms with Crippen molar-refractivity contribution in [2.45, 2.75) is 57.3 Å². The number of rotatable bonds is 4. The van der Waals surface area contributed by atoms with Gasteiger partial charge in [0.05, 0.1) is 0 Å². The lowest BCUT2D eigenvalue weighted by Crippen LogP contribution is -2.21. The van der Waals surface area contributed by atoms with Crippen molar-refractivity contribution in [2.24, 2.45) is 0 Å². The first-order valence-electron chi connectivity index (χ1n) is 9.07. The van der Waals surface area contributed by atoms with E-state index in [9.17, 15) is 15.0 Å². The van der Waals surface area contributed by atoms with Gasteiger partial charge in [-0.25, -0.2) is 4.79 Å². The van der Waals surface area contributed by atoms with Gasteiger partial charge in [-0.3, -0.25) is 0 Å². The van der Waals surface area contributed by atoms with Crippen molar-refractivity contribution in [1.29, 1.82) is 0 Å². The largest absolute Gasteiger partial charge is 0.507 e. The minimum Gasteiger partial charge on any atom is -0.507 e. The van der Waals surface area contributed by atoms with Gasteiger partial charge in [-0.15, -0.1) is 0 Å². The molecule has 2 aromatic carbocycles. The summed E-state index contributed by atoms with van der Waals surface area (Å²) in [5.74, 6) is -0.793. The Morgan fingerprint density at radius 3 is 2.23 bits per heavy atom. The molecule has 0 saturated heterocycles. The van der Waals surface area contributed by atoms with E-state index in [-0.39, 0.29) is 28.7 Å². The van der Waals surface area contributed by atoms with Gasteiger partial charge in [-0.1, -0.05) is 69.5 Å². The molecular weight excluding hydrogens is 339 g/mol. The maximum absolute atomic E-state index is 11.7. The smallest absolute Gasteiger partial charge is 0.339 e. The molecule has 0 spiro atoms. The first-order valence-corrected chi connectivity index (χ1v) is 9.07. The van der Waals surface area contributed by atoms with Crippen LogP contribution in [0.4, 0.5) is 0 Å². The van der Waals surface area contributed by atoms with Gasteiger partial charge < -0.3 is 10.2 Å². The van der Waals surface area contributed by atoms with Crippen LogP contribution in [0, 0.1) is 0 Å². The molecule has 0 amide bonds. The summed E-state index contributed by atoms with van der Waals surface area (Å²) in [7, 11) is 0. The summed E-state index contributed by atoms with van der Waals surface area (Å²) >= 11 is 0. The normalized spacial score (nSPS) is 15.3. The van der Waals surface area contributed by atoms with E-state index < -0.39 is 11.4 Å². The third-order valence-electron chi connectivity index (χ3n) is 5.61. The van der Waals surface area contributed by atoms with Gasteiger partial charge >= 0.3 is 5.97 Å². The maximum Gasteiger partial charge on any atom is 0.339 e.